The molecule has 1 aliphatic carbocycles. The van der Waals surface area contributed by atoms with Gasteiger partial charge >= 0.3 is 0 Å². The van der Waals surface area contributed by atoms with E-state index in [0.717, 1.165) is 30.8 Å². The van der Waals surface area contributed by atoms with E-state index in [-0.39, 0.29) is 5.60 Å². The van der Waals surface area contributed by atoms with Crippen LogP contribution in [0, 0.1) is 0 Å². The molecular weight excluding hydrogens is 226 g/mol. The average Bonchev–Trinajstić information content (AvgIpc) is 2.39. The number of hydrogen-bond donors (Lipinski definition) is 1. The van der Waals surface area contributed by atoms with Crippen molar-refractivity contribution in [2.45, 2.75) is 58.0 Å². The molecule has 1 aromatic rings. The van der Waals surface area contributed by atoms with E-state index >= 15 is 0 Å². The molecule has 0 bridgehead atoms. The molecule has 1 aromatic heterocycles. The highest BCUT2D eigenvalue weighted by Crippen LogP contribution is 2.39. The van der Waals surface area contributed by atoms with Crippen LogP contribution in [0.1, 0.15) is 57.5 Å². The minimum Gasteiger partial charge on any atom is -0.384 e. The summed E-state index contributed by atoms with van der Waals surface area (Å²) in [5, 5.41) is 0. The molecule has 0 radical (unpaired) electrons. The van der Waals surface area contributed by atoms with Gasteiger partial charge in [0.05, 0.1) is 0 Å². The number of ether oxygens (including phenoxy) is 1. The van der Waals surface area contributed by atoms with Crippen LogP contribution >= 0.6 is 0 Å². The van der Waals surface area contributed by atoms with E-state index in [2.05, 4.69) is 16.9 Å². The smallest absolute Gasteiger partial charge is 0.162 e. The third kappa shape index (κ3) is 2.64. The third-order valence-electron chi connectivity index (χ3n) is 3.65. The predicted octanol–water partition coefficient (Wildman–Crippen LogP) is 2.82. The Morgan fingerprint density at radius 1 is 1.22 bits per heavy atom. The molecule has 0 atom stereocenters. The molecule has 4 nitrogen and oxygen atoms in total. The van der Waals surface area contributed by atoms with Gasteiger partial charge in [0.1, 0.15) is 11.4 Å². The zero-order valence-corrected chi connectivity index (χ0v) is 11.4. The lowest BCUT2D eigenvalue weighted by molar-refractivity contribution is -0.0767. The highest BCUT2D eigenvalue weighted by Gasteiger charge is 2.37. The molecule has 0 aliphatic heterocycles. The lowest BCUT2D eigenvalue weighted by Crippen LogP contribution is -2.35. The van der Waals surface area contributed by atoms with Gasteiger partial charge in [0, 0.05) is 18.4 Å². The van der Waals surface area contributed by atoms with Gasteiger partial charge in [0.15, 0.2) is 5.82 Å². The lowest BCUT2D eigenvalue weighted by Gasteiger charge is -2.35. The summed E-state index contributed by atoms with van der Waals surface area (Å²) in [5.41, 5.74) is 6.59. The topological polar surface area (TPSA) is 61.0 Å². The minimum atomic E-state index is -0.299. The third-order valence-corrected chi connectivity index (χ3v) is 3.65. The summed E-state index contributed by atoms with van der Waals surface area (Å²) in [6.07, 6.45) is 6.53. The molecule has 0 aromatic carbocycles. The van der Waals surface area contributed by atoms with Gasteiger partial charge in [-0.2, -0.15) is 0 Å². The number of nitrogen functional groups attached to an aromatic ring is 1. The Bertz CT molecular complexity index is 395. The molecular formula is C14H23N3O. The Morgan fingerprint density at radius 3 is 2.56 bits per heavy atom. The quantitative estimate of drug-likeness (QED) is 0.891. The number of anilines is 1. The van der Waals surface area contributed by atoms with Crippen molar-refractivity contribution in [2.24, 2.45) is 0 Å². The largest absolute Gasteiger partial charge is 0.384 e. The van der Waals surface area contributed by atoms with Crippen LogP contribution < -0.4 is 5.73 Å². The van der Waals surface area contributed by atoms with Crippen LogP contribution in [-0.4, -0.2) is 16.6 Å². The molecule has 1 saturated carbocycles. The highest BCUT2D eigenvalue weighted by molar-refractivity contribution is 5.31. The SMILES string of the molecule is CCOC1(c2nc(N)cc(CC)n2)CCCCC1. The standard InChI is InChI=1S/C14H23N3O/c1-3-11-10-12(15)17-13(16-11)14(18-4-2)8-6-5-7-9-14/h10H,3-9H2,1-2H3,(H2,15,16,17). The molecule has 0 spiro atoms. The second kappa shape index (κ2) is 5.65. The molecule has 18 heavy (non-hydrogen) atoms. The van der Waals surface area contributed by atoms with Gasteiger partial charge in [-0.1, -0.05) is 26.2 Å². The molecule has 100 valence electrons. The van der Waals surface area contributed by atoms with Crippen molar-refractivity contribution in [3.63, 3.8) is 0 Å². The number of aryl methyl sites for hydroxylation is 1. The molecule has 2 rings (SSSR count). The highest BCUT2D eigenvalue weighted by atomic mass is 16.5. The van der Waals surface area contributed by atoms with Gasteiger partial charge in [-0.15, -0.1) is 0 Å². The molecule has 0 saturated heterocycles. The average molecular weight is 249 g/mol. The second-order valence-corrected chi connectivity index (χ2v) is 4.95. The van der Waals surface area contributed by atoms with Crippen molar-refractivity contribution in [3.05, 3.63) is 17.6 Å². The fourth-order valence-corrected chi connectivity index (χ4v) is 2.74. The van der Waals surface area contributed by atoms with Crippen molar-refractivity contribution < 1.29 is 4.74 Å². The summed E-state index contributed by atoms with van der Waals surface area (Å²) in [5.74, 6) is 1.35. The van der Waals surface area contributed by atoms with Gasteiger partial charge < -0.3 is 10.5 Å². The van der Waals surface area contributed by atoms with E-state index < -0.39 is 0 Å². The first-order valence-electron chi connectivity index (χ1n) is 6.98. The molecule has 0 unspecified atom stereocenters. The molecule has 0 amide bonds. The maximum Gasteiger partial charge on any atom is 0.162 e. The van der Waals surface area contributed by atoms with E-state index in [1.807, 2.05) is 13.0 Å². The number of aromatic nitrogens is 2. The van der Waals surface area contributed by atoms with Crippen LogP contribution in [-0.2, 0) is 16.8 Å². The Balaban J connectivity index is 2.37. The zero-order valence-electron chi connectivity index (χ0n) is 11.4. The summed E-state index contributed by atoms with van der Waals surface area (Å²) in [6, 6.07) is 1.85. The van der Waals surface area contributed by atoms with Crippen LogP contribution in [0.15, 0.2) is 6.07 Å². The van der Waals surface area contributed by atoms with Crippen LogP contribution in [0.4, 0.5) is 5.82 Å². The summed E-state index contributed by atoms with van der Waals surface area (Å²) in [6.45, 7) is 4.81. The maximum atomic E-state index is 6.03. The van der Waals surface area contributed by atoms with Crippen LogP contribution in [0.5, 0.6) is 0 Å². The predicted molar refractivity (Wildman–Crippen MR) is 72.2 cm³/mol. The van der Waals surface area contributed by atoms with E-state index in [9.17, 15) is 0 Å². The van der Waals surface area contributed by atoms with Gasteiger partial charge in [0.2, 0.25) is 0 Å². The number of nitrogens with zero attached hydrogens (tertiary/aromatic N) is 2. The van der Waals surface area contributed by atoms with Crippen LogP contribution in [0.25, 0.3) is 0 Å². The summed E-state index contributed by atoms with van der Waals surface area (Å²) in [4.78, 5) is 9.09. The van der Waals surface area contributed by atoms with Crippen molar-refractivity contribution >= 4 is 5.82 Å². The molecule has 1 heterocycles. The van der Waals surface area contributed by atoms with Crippen molar-refractivity contribution in [3.8, 4) is 0 Å². The van der Waals surface area contributed by atoms with Gasteiger partial charge in [-0.05, 0) is 26.2 Å². The lowest BCUT2D eigenvalue weighted by atomic mass is 9.83. The summed E-state index contributed by atoms with van der Waals surface area (Å²) in [7, 11) is 0. The van der Waals surface area contributed by atoms with Crippen LogP contribution in [0.3, 0.4) is 0 Å². The summed E-state index contributed by atoms with van der Waals surface area (Å²) >= 11 is 0. The van der Waals surface area contributed by atoms with E-state index in [1.165, 1.54) is 19.3 Å². The van der Waals surface area contributed by atoms with Gasteiger partial charge in [-0.3, -0.25) is 0 Å². The fourth-order valence-electron chi connectivity index (χ4n) is 2.74. The van der Waals surface area contributed by atoms with Gasteiger partial charge in [-0.25, -0.2) is 9.97 Å². The zero-order chi connectivity index (χ0) is 13.0. The van der Waals surface area contributed by atoms with Crippen molar-refractivity contribution in [2.75, 3.05) is 12.3 Å². The van der Waals surface area contributed by atoms with Crippen LogP contribution in [0.2, 0.25) is 0 Å². The van der Waals surface area contributed by atoms with E-state index in [4.69, 9.17) is 10.5 Å². The molecule has 4 heteroatoms. The molecule has 2 N–H and O–H groups in total. The first-order chi connectivity index (χ1) is 8.70. The summed E-state index contributed by atoms with van der Waals surface area (Å²) < 4.78 is 6.03. The Hall–Kier alpha value is -1.16. The van der Waals surface area contributed by atoms with Gasteiger partial charge in [0.25, 0.3) is 0 Å². The number of hydrogen-bond acceptors (Lipinski definition) is 4. The Kier molecular flexibility index (Phi) is 4.17. The first-order valence-corrected chi connectivity index (χ1v) is 6.98. The molecule has 1 fully saturated rings. The number of rotatable bonds is 4. The van der Waals surface area contributed by atoms with E-state index in [0.29, 0.717) is 12.4 Å². The first kappa shape index (κ1) is 13.3. The fraction of sp³-hybridized carbons (Fsp3) is 0.714. The molecule has 1 aliphatic rings. The second-order valence-electron chi connectivity index (χ2n) is 4.95. The Morgan fingerprint density at radius 2 is 1.94 bits per heavy atom. The van der Waals surface area contributed by atoms with Crippen molar-refractivity contribution in [1.29, 1.82) is 0 Å². The maximum absolute atomic E-state index is 6.03. The number of nitrogens with two attached hydrogens (primary N) is 1. The van der Waals surface area contributed by atoms with E-state index in [1.54, 1.807) is 0 Å². The van der Waals surface area contributed by atoms with Crippen molar-refractivity contribution in [1.82, 2.24) is 9.97 Å². The monoisotopic (exact) mass is 249 g/mol. The minimum absolute atomic E-state index is 0.299. The normalized spacial score (nSPS) is 18.8. The Labute approximate surface area is 109 Å².